The van der Waals surface area contributed by atoms with Crippen LogP contribution in [0.2, 0.25) is 10.0 Å². The largest absolute Gasteiger partial charge is 0.323 e. The van der Waals surface area contributed by atoms with Crippen molar-refractivity contribution in [2.24, 2.45) is 0 Å². The van der Waals surface area contributed by atoms with Crippen LogP contribution in [0.3, 0.4) is 0 Å². The maximum Gasteiger partial charge on any atom is 0.241 e. The zero-order chi connectivity index (χ0) is 17.8. The van der Waals surface area contributed by atoms with Crippen LogP contribution in [0.15, 0.2) is 35.7 Å². The van der Waals surface area contributed by atoms with Crippen molar-refractivity contribution in [3.63, 3.8) is 0 Å². The van der Waals surface area contributed by atoms with Crippen LogP contribution < -0.4 is 5.32 Å². The lowest BCUT2D eigenvalue weighted by Gasteiger charge is -2.37. The van der Waals surface area contributed by atoms with Crippen molar-refractivity contribution in [1.82, 2.24) is 9.80 Å². The second-order valence-electron chi connectivity index (χ2n) is 6.18. The fourth-order valence-electron chi connectivity index (χ4n) is 2.93. The second kappa shape index (κ2) is 8.52. The van der Waals surface area contributed by atoms with Gasteiger partial charge in [-0.1, -0.05) is 29.3 Å². The van der Waals surface area contributed by atoms with Gasteiger partial charge in [0.1, 0.15) is 0 Å². The van der Waals surface area contributed by atoms with Crippen LogP contribution in [0.1, 0.15) is 11.8 Å². The van der Waals surface area contributed by atoms with Crippen LogP contribution in [0.25, 0.3) is 0 Å². The molecule has 2 heterocycles. The molecule has 1 aromatic heterocycles. The Morgan fingerprint density at radius 2 is 2.00 bits per heavy atom. The summed E-state index contributed by atoms with van der Waals surface area (Å²) in [6, 6.07) is 9.14. The summed E-state index contributed by atoms with van der Waals surface area (Å²) in [7, 11) is 0. The number of piperazine rings is 1. The summed E-state index contributed by atoms with van der Waals surface area (Å²) in [5, 5.41) is 6.02. The van der Waals surface area contributed by atoms with E-state index in [9.17, 15) is 4.79 Å². The van der Waals surface area contributed by atoms with Gasteiger partial charge in [0.25, 0.3) is 0 Å². The Balaban J connectivity index is 1.51. The molecule has 0 unspecified atom stereocenters. The van der Waals surface area contributed by atoms with Gasteiger partial charge in [-0.05, 0) is 36.6 Å². The van der Waals surface area contributed by atoms with E-state index in [1.165, 1.54) is 4.88 Å². The summed E-state index contributed by atoms with van der Waals surface area (Å²) in [4.78, 5) is 18.6. The van der Waals surface area contributed by atoms with Crippen molar-refractivity contribution in [3.05, 3.63) is 50.6 Å². The van der Waals surface area contributed by atoms with Gasteiger partial charge in [0.15, 0.2) is 0 Å². The van der Waals surface area contributed by atoms with Crippen LogP contribution in [-0.2, 0) is 11.3 Å². The van der Waals surface area contributed by atoms with E-state index in [4.69, 9.17) is 23.2 Å². The van der Waals surface area contributed by atoms with Crippen molar-refractivity contribution >= 4 is 46.1 Å². The molecule has 25 heavy (non-hydrogen) atoms. The van der Waals surface area contributed by atoms with Crippen LogP contribution in [-0.4, -0.2) is 47.9 Å². The standard InChI is InChI=1S/C18H21Cl2N3OS/c1-13(18(24)21-17-5-4-14(19)11-16(17)20)23-8-6-22(7-9-23)12-15-3-2-10-25-15/h2-5,10-11,13H,6-9,12H2,1H3,(H,21,24)/t13-/m0/s1. The monoisotopic (exact) mass is 397 g/mol. The van der Waals surface area contributed by atoms with Crippen molar-refractivity contribution in [1.29, 1.82) is 0 Å². The van der Waals surface area contributed by atoms with E-state index in [1.807, 2.05) is 6.92 Å². The fraction of sp³-hybridized carbons (Fsp3) is 0.389. The van der Waals surface area contributed by atoms with Gasteiger partial charge >= 0.3 is 0 Å². The molecule has 1 saturated heterocycles. The molecule has 1 aromatic carbocycles. The highest BCUT2D eigenvalue weighted by Crippen LogP contribution is 2.25. The van der Waals surface area contributed by atoms with Gasteiger partial charge in [-0.25, -0.2) is 0 Å². The zero-order valence-corrected chi connectivity index (χ0v) is 16.4. The number of halogens is 2. The summed E-state index contributed by atoms with van der Waals surface area (Å²) >= 11 is 13.8. The highest BCUT2D eigenvalue weighted by atomic mass is 35.5. The van der Waals surface area contributed by atoms with E-state index >= 15 is 0 Å². The first-order chi connectivity index (χ1) is 12.0. The van der Waals surface area contributed by atoms with E-state index in [1.54, 1.807) is 29.5 Å². The lowest BCUT2D eigenvalue weighted by Crippen LogP contribution is -2.52. The average Bonchev–Trinajstić information content (AvgIpc) is 3.10. The number of benzene rings is 1. The Bertz CT molecular complexity index is 715. The zero-order valence-electron chi connectivity index (χ0n) is 14.0. The Morgan fingerprint density at radius 3 is 2.64 bits per heavy atom. The van der Waals surface area contributed by atoms with Gasteiger partial charge in [-0.15, -0.1) is 11.3 Å². The molecule has 3 rings (SSSR count). The fourth-order valence-corrected chi connectivity index (χ4v) is 4.13. The number of amides is 1. The summed E-state index contributed by atoms with van der Waals surface area (Å²) < 4.78 is 0. The normalized spacial score (nSPS) is 17.4. The van der Waals surface area contributed by atoms with Gasteiger partial charge < -0.3 is 5.32 Å². The Kier molecular flexibility index (Phi) is 6.36. The molecular formula is C18H21Cl2N3OS. The molecule has 1 aliphatic rings. The number of anilines is 1. The predicted octanol–water partition coefficient (Wildman–Crippen LogP) is 4.20. The van der Waals surface area contributed by atoms with Gasteiger partial charge in [0.05, 0.1) is 16.8 Å². The maximum absolute atomic E-state index is 12.5. The number of nitrogens with zero attached hydrogens (tertiary/aromatic N) is 2. The first-order valence-electron chi connectivity index (χ1n) is 8.27. The maximum atomic E-state index is 12.5. The minimum Gasteiger partial charge on any atom is -0.323 e. The molecule has 0 aliphatic carbocycles. The molecule has 1 amide bonds. The van der Waals surface area contributed by atoms with E-state index in [0.29, 0.717) is 15.7 Å². The summed E-state index contributed by atoms with van der Waals surface area (Å²) in [6.45, 7) is 6.64. The first kappa shape index (κ1) is 18.7. The van der Waals surface area contributed by atoms with Crippen molar-refractivity contribution in [2.75, 3.05) is 31.5 Å². The second-order valence-corrected chi connectivity index (χ2v) is 8.06. The number of nitrogens with one attached hydrogen (secondary N) is 1. The van der Waals surface area contributed by atoms with E-state index < -0.39 is 0 Å². The number of carbonyl (C=O) groups excluding carboxylic acids is 1. The van der Waals surface area contributed by atoms with Crippen molar-refractivity contribution in [2.45, 2.75) is 19.5 Å². The van der Waals surface area contributed by atoms with Crippen LogP contribution in [0.4, 0.5) is 5.69 Å². The number of hydrogen-bond acceptors (Lipinski definition) is 4. The summed E-state index contributed by atoms with van der Waals surface area (Å²) in [6.07, 6.45) is 0. The van der Waals surface area contributed by atoms with Gasteiger partial charge in [-0.3, -0.25) is 14.6 Å². The third-order valence-corrected chi connectivity index (χ3v) is 5.89. The number of carbonyl (C=O) groups is 1. The lowest BCUT2D eigenvalue weighted by molar-refractivity contribution is -0.121. The summed E-state index contributed by atoms with van der Waals surface area (Å²) in [5.74, 6) is -0.0454. The molecule has 2 aromatic rings. The van der Waals surface area contributed by atoms with E-state index in [0.717, 1.165) is 32.7 Å². The highest BCUT2D eigenvalue weighted by Gasteiger charge is 2.26. The molecule has 0 bridgehead atoms. The van der Waals surface area contributed by atoms with Gasteiger partial charge in [0, 0.05) is 42.6 Å². The lowest BCUT2D eigenvalue weighted by atomic mass is 10.2. The number of hydrogen-bond donors (Lipinski definition) is 1. The molecule has 1 fully saturated rings. The number of thiophene rings is 1. The SMILES string of the molecule is C[C@@H](C(=O)Nc1ccc(Cl)cc1Cl)N1CCN(Cc2cccs2)CC1. The topological polar surface area (TPSA) is 35.6 Å². The molecule has 7 heteroatoms. The van der Waals surface area contributed by atoms with Crippen LogP contribution in [0.5, 0.6) is 0 Å². The predicted molar refractivity (Wildman–Crippen MR) is 106 cm³/mol. The van der Waals surface area contributed by atoms with E-state index in [-0.39, 0.29) is 11.9 Å². The molecule has 0 radical (unpaired) electrons. The third-order valence-electron chi connectivity index (χ3n) is 4.48. The van der Waals surface area contributed by atoms with Gasteiger partial charge in [0.2, 0.25) is 5.91 Å². The third kappa shape index (κ3) is 4.96. The molecule has 1 aliphatic heterocycles. The molecule has 0 saturated carbocycles. The van der Waals surface area contributed by atoms with Crippen molar-refractivity contribution in [3.8, 4) is 0 Å². The minimum absolute atomic E-state index is 0.0454. The smallest absolute Gasteiger partial charge is 0.241 e. The first-order valence-corrected chi connectivity index (χ1v) is 9.91. The van der Waals surface area contributed by atoms with Crippen molar-refractivity contribution < 1.29 is 4.79 Å². The average molecular weight is 398 g/mol. The molecular weight excluding hydrogens is 377 g/mol. The molecule has 1 atom stereocenters. The molecule has 134 valence electrons. The van der Waals surface area contributed by atoms with Crippen LogP contribution in [0, 0.1) is 0 Å². The number of rotatable bonds is 5. The minimum atomic E-state index is -0.198. The molecule has 0 spiro atoms. The Morgan fingerprint density at radius 1 is 1.24 bits per heavy atom. The van der Waals surface area contributed by atoms with E-state index in [2.05, 4.69) is 32.6 Å². The van der Waals surface area contributed by atoms with Gasteiger partial charge in [-0.2, -0.15) is 0 Å². The van der Waals surface area contributed by atoms with Crippen LogP contribution >= 0.6 is 34.5 Å². The quantitative estimate of drug-likeness (QED) is 0.820. The summed E-state index contributed by atoms with van der Waals surface area (Å²) in [5.41, 5.74) is 0.597. The molecule has 4 nitrogen and oxygen atoms in total. The molecule has 1 N–H and O–H groups in total. The Labute approximate surface area is 162 Å². The highest BCUT2D eigenvalue weighted by molar-refractivity contribution is 7.09. The Hall–Kier alpha value is -1.11.